The molecule has 13 heavy (non-hydrogen) atoms. The smallest absolute Gasteiger partial charge is 0.0524 e. The van der Waals surface area contributed by atoms with Gasteiger partial charge in [0.15, 0.2) is 0 Å². The maximum absolute atomic E-state index is 9.07. The Hall–Kier alpha value is -0.0800. The maximum atomic E-state index is 9.07. The number of hydrogen-bond donors (Lipinski definition) is 2. The Morgan fingerprint density at radius 1 is 1.23 bits per heavy atom. The molecule has 0 aromatic rings. The predicted molar refractivity (Wildman–Crippen MR) is 57.9 cm³/mol. The molecule has 0 aliphatic heterocycles. The lowest BCUT2D eigenvalue weighted by Crippen LogP contribution is -2.30. The zero-order valence-corrected chi connectivity index (χ0v) is 9.34. The quantitative estimate of drug-likeness (QED) is 0.611. The van der Waals surface area contributed by atoms with Gasteiger partial charge in [-0.05, 0) is 32.7 Å². The number of aliphatic hydroxyl groups excluding tert-OH is 1. The van der Waals surface area contributed by atoms with E-state index in [0.717, 1.165) is 13.0 Å². The zero-order valence-electron chi connectivity index (χ0n) is 9.34. The SMILES string of the molecule is CCCCC(CC)NCCC(C)O. The summed E-state index contributed by atoms with van der Waals surface area (Å²) in [5.41, 5.74) is 0. The number of nitrogens with one attached hydrogen (secondary N) is 1. The molecule has 0 saturated heterocycles. The summed E-state index contributed by atoms with van der Waals surface area (Å²) in [5.74, 6) is 0. The lowest BCUT2D eigenvalue weighted by Gasteiger charge is -2.16. The Bertz CT molecular complexity index is 104. The molecule has 0 bridgehead atoms. The monoisotopic (exact) mass is 187 g/mol. The molecule has 2 atom stereocenters. The van der Waals surface area contributed by atoms with Crippen molar-refractivity contribution in [2.24, 2.45) is 0 Å². The molecule has 0 heterocycles. The molecule has 0 aliphatic rings. The van der Waals surface area contributed by atoms with E-state index in [1.165, 1.54) is 25.7 Å². The molecular weight excluding hydrogens is 162 g/mol. The highest BCUT2D eigenvalue weighted by atomic mass is 16.3. The van der Waals surface area contributed by atoms with Crippen LogP contribution in [0.3, 0.4) is 0 Å². The molecule has 2 unspecified atom stereocenters. The summed E-state index contributed by atoms with van der Waals surface area (Å²) in [5, 5.41) is 12.5. The molecule has 0 aliphatic carbocycles. The summed E-state index contributed by atoms with van der Waals surface area (Å²) in [7, 11) is 0. The number of rotatable bonds is 8. The second kappa shape index (κ2) is 8.52. The standard InChI is InChI=1S/C11H25NO/c1-4-6-7-11(5-2)12-9-8-10(3)13/h10-13H,4-9H2,1-3H3. The van der Waals surface area contributed by atoms with Crippen LogP contribution in [0.1, 0.15) is 52.9 Å². The van der Waals surface area contributed by atoms with E-state index in [0.29, 0.717) is 6.04 Å². The minimum atomic E-state index is -0.170. The lowest BCUT2D eigenvalue weighted by molar-refractivity contribution is 0.181. The second-order valence-electron chi connectivity index (χ2n) is 3.84. The van der Waals surface area contributed by atoms with E-state index in [2.05, 4.69) is 19.2 Å². The van der Waals surface area contributed by atoms with Gasteiger partial charge in [0, 0.05) is 6.04 Å². The molecule has 0 rings (SSSR count). The number of aliphatic hydroxyl groups is 1. The van der Waals surface area contributed by atoms with Crippen molar-refractivity contribution in [1.29, 1.82) is 0 Å². The summed E-state index contributed by atoms with van der Waals surface area (Å²) in [6.07, 6.45) is 5.74. The molecule has 0 aromatic carbocycles. The van der Waals surface area contributed by atoms with Crippen LogP contribution in [0.4, 0.5) is 0 Å². The first kappa shape index (κ1) is 12.9. The Labute approximate surface area is 82.7 Å². The van der Waals surface area contributed by atoms with Gasteiger partial charge in [0.05, 0.1) is 6.10 Å². The molecule has 2 N–H and O–H groups in total. The van der Waals surface area contributed by atoms with Crippen molar-refractivity contribution in [3.63, 3.8) is 0 Å². The third-order valence-corrected chi connectivity index (χ3v) is 2.39. The van der Waals surface area contributed by atoms with Gasteiger partial charge in [-0.1, -0.05) is 26.7 Å². The Kier molecular flexibility index (Phi) is 8.46. The van der Waals surface area contributed by atoms with Gasteiger partial charge in [-0.3, -0.25) is 0 Å². The summed E-state index contributed by atoms with van der Waals surface area (Å²) in [6.45, 7) is 7.23. The predicted octanol–water partition coefficient (Wildman–Crippen LogP) is 2.32. The van der Waals surface area contributed by atoms with Crippen LogP contribution in [0.25, 0.3) is 0 Å². The van der Waals surface area contributed by atoms with Crippen molar-refractivity contribution in [2.45, 2.75) is 65.0 Å². The van der Waals surface area contributed by atoms with E-state index in [9.17, 15) is 0 Å². The van der Waals surface area contributed by atoms with Gasteiger partial charge in [0.25, 0.3) is 0 Å². The van der Waals surface area contributed by atoms with Gasteiger partial charge in [-0.2, -0.15) is 0 Å². The average Bonchev–Trinajstić information content (AvgIpc) is 2.10. The molecule has 2 nitrogen and oxygen atoms in total. The number of unbranched alkanes of at least 4 members (excludes halogenated alkanes) is 1. The van der Waals surface area contributed by atoms with Crippen molar-refractivity contribution < 1.29 is 5.11 Å². The number of hydrogen-bond acceptors (Lipinski definition) is 2. The molecule has 0 amide bonds. The highest BCUT2D eigenvalue weighted by Gasteiger charge is 2.04. The van der Waals surface area contributed by atoms with E-state index in [4.69, 9.17) is 5.11 Å². The lowest BCUT2D eigenvalue weighted by atomic mass is 10.1. The first-order valence-corrected chi connectivity index (χ1v) is 5.62. The minimum Gasteiger partial charge on any atom is -0.393 e. The van der Waals surface area contributed by atoms with E-state index in [1.54, 1.807) is 0 Å². The summed E-state index contributed by atoms with van der Waals surface area (Å²) in [4.78, 5) is 0. The summed E-state index contributed by atoms with van der Waals surface area (Å²) < 4.78 is 0. The molecule has 2 heteroatoms. The largest absolute Gasteiger partial charge is 0.393 e. The van der Waals surface area contributed by atoms with E-state index in [1.807, 2.05) is 6.92 Å². The van der Waals surface area contributed by atoms with Crippen LogP contribution in [0.2, 0.25) is 0 Å². The molecule has 0 fully saturated rings. The van der Waals surface area contributed by atoms with Crippen LogP contribution in [-0.4, -0.2) is 23.8 Å². The summed E-state index contributed by atoms with van der Waals surface area (Å²) in [6, 6.07) is 0.652. The van der Waals surface area contributed by atoms with E-state index in [-0.39, 0.29) is 6.10 Å². The first-order chi connectivity index (χ1) is 6.20. The molecule has 0 aromatic heterocycles. The Balaban J connectivity index is 3.36. The van der Waals surface area contributed by atoms with Crippen molar-refractivity contribution in [2.75, 3.05) is 6.54 Å². The second-order valence-corrected chi connectivity index (χ2v) is 3.84. The van der Waals surface area contributed by atoms with Crippen LogP contribution >= 0.6 is 0 Å². The van der Waals surface area contributed by atoms with E-state index >= 15 is 0 Å². The maximum Gasteiger partial charge on any atom is 0.0524 e. The van der Waals surface area contributed by atoms with Gasteiger partial charge in [0.2, 0.25) is 0 Å². The third-order valence-electron chi connectivity index (χ3n) is 2.39. The van der Waals surface area contributed by atoms with Gasteiger partial charge < -0.3 is 10.4 Å². The highest BCUT2D eigenvalue weighted by molar-refractivity contribution is 4.65. The molecule has 0 radical (unpaired) electrons. The van der Waals surface area contributed by atoms with E-state index < -0.39 is 0 Å². The normalized spacial score (nSPS) is 15.7. The van der Waals surface area contributed by atoms with Gasteiger partial charge in [0.1, 0.15) is 0 Å². The fourth-order valence-electron chi connectivity index (χ4n) is 1.40. The summed E-state index contributed by atoms with van der Waals surface area (Å²) >= 11 is 0. The zero-order chi connectivity index (χ0) is 10.1. The average molecular weight is 187 g/mol. The van der Waals surface area contributed by atoms with Gasteiger partial charge >= 0.3 is 0 Å². The van der Waals surface area contributed by atoms with Crippen LogP contribution in [0, 0.1) is 0 Å². The minimum absolute atomic E-state index is 0.170. The Morgan fingerprint density at radius 3 is 2.38 bits per heavy atom. The van der Waals surface area contributed by atoms with Gasteiger partial charge in [-0.25, -0.2) is 0 Å². The van der Waals surface area contributed by atoms with Crippen molar-refractivity contribution in [3.8, 4) is 0 Å². The fraction of sp³-hybridized carbons (Fsp3) is 1.00. The van der Waals surface area contributed by atoms with Crippen molar-refractivity contribution >= 4 is 0 Å². The first-order valence-electron chi connectivity index (χ1n) is 5.62. The van der Waals surface area contributed by atoms with Crippen molar-refractivity contribution in [1.82, 2.24) is 5.32 Å². The Morgan fingerprint density at radius 2 is 1.92 bits per heavy atom. The van der Waals surface area contributed by atoms with Crippen LogP contribution in [0.5, 0.6) is 0 Å². The molecular formula is C11H25NO. The van der Waals surface area contributed by atoms with Gasteiger partial charge in [-0.15, -0.1) is 0 Å². The van der Waals surface area contributed by atoms with Crippen LogP contribution in [-0.2, 0) is 0 Å². The topological polar surface area (TPSA) is 32.3 Å². The molecule has 80 valence electrons. The molecule has 0 saturated carbocycles. The third kappa shape index (κ3) is 8.26. The molecule has 0 spiro atoms. The van der Waals surface area contributed by atoms with Crippen LogP contribution < -0.4 is 5.32 Å². The fourth-order valence-corrected chi connectivity index (χ4v) is 1.40. The van der Waals surface area contributed by atoms with Crippen LogP contribution in [0.15, 0.2) is 0 Å². The van der Waals surface area contributed by atoms with Crippen molar-refractivity contribution in [3.05, 3.63) is 0 Å². The highest BCUT2D eigenvalue weighted by Crippen LogP contribution is 2.04.